The summed E-state index contributed by atoms with van der Waals surface area (Å²) >= 11 is 2.83. The minimum atomic E-state index is -0.320. The van der Waals surface area contributed by atoms with Crippen molar-refractivity contribution in [3.8, 4) is 0 Å². The quantitative estimate of drug-likeness (QED) is 0.465. The van der Waals surface area contributed by atoms with Crippen LogP contribution in [0.15, 0.2) is 22.6 Å². The van der Waals surface area contributed by atoms with Crippen molar-refractivity contribution < 1.29 is 4.79 Å². The first kappa shape index (κ1) is 18.7. The average Bonchev–Trinajstić information content (AvgIpc) is 2.83. The second-order valence-corrected chi connectivity index (χ2v) is 8.12. The van der Waals surface area contributed by atoms with Gasteiger partial charge in [-0.1, -0.05) is 24.8 Å². The van der Waals surface area contributed by atoms with Gasteiger partial charge < -0.3 is 5.32 Å². The molecule has 1 N–H and O–H groups in total. The van der Waals surface area contributed by atoms with Gasteiger partial charge in [-0.2, -0.15) is 0 Å². The van der Waals surface area contributed by atoms with Gasteiger partial charge in [0.2, 0.25) is 5.91 Å². The highest BCUT2D eigenvalue weighted by molar-refractivity contribution is 8.00. The Morgan fingerprint density at radius 2 is 2.21 bits per heavy atom. The Labute approximate surface area is 150 Å². The normalized spacial score (nSPS) is 12.3. The molecule has 7 heteroatoms. The summed E-state index contributed by atoms with van der Waals surface area (Å²) < 4.78 is 1.60. The van der Waals surface area contributed by atoms with Gasteiger partial charge in [-0.3, -0.25) is 14.2 Å². The van der Waals surface area contributed by atoms with Crippen LogP contribution in [0.4, 0.5) is 0 Å². The molecule has 130 valence electrons. The smallest absolute Gasteiger partial charge is 0.263 e. The van der Waals surface area contributed by atoms with Gasteiger partial charge in [0.1, 0.15) is 4.83 Å². The first-order chi connectivity index (χ1) is 11.4. The number of aromatic nitrogens is 2. The molecule has 2 aromatic rings. The van der Waals surface area contributed by atoms with Crippen LogP contribution in [0.5, 0.6) is 0 Å². The van der Waals surface area contributed by atoms with Crippen LogP contribution < -0.4 is 10.9 Å². The maximum atomic E-state index is 12.9. The highest BCUT2D eigenvalue weighted by atomic mass is 32.2. The number of aryl methyl sites for hydroxylation is 2. The fourth-order valence-corrected chi connectivity index (χ4v) is 4.31. The minimum absolute atomic E-state index is 0.0418. The van der Waals surface area contributed by atoms with E-state index < -0.39 is 0 Å². The third kappa shape index (κ3) is 3.72. The summed E-state index contributed by atoms with van der Waals surface area (Å²) in [6.07, 6.45) is 2.57. The molecule has 0 saturated carbocycles. The van der Waals surface area contributed by atoms with Gasteiger partial charge in [0.25, 0.3) is 5.56 Å². The molecule has 5 nitrogen and oxygen atoms in total. The number of thioether (sulfide) groups is 1. The average molecular weight is 366 g/mol. The molecule has 0 bridgehead atoms. The standard InChI is InChI=1S/C17H23N3O2S2/c1-6-8-18-14(21)12(5)24-17-19-15-13(10(3)11(4)23-15)16(22)20(17)9-7-2/h7,12H,2,6,8-9H2,1,3-5H3,(H,18,21)/t12-/m0/s1. The fraction of sp³-hybridized carbons (Fsp3) is 0.471. The largest absolute Gasteiger partial charge is 0.355 e. The summed E-state index contributed by atoms with van der Waals surface area (Å²) in [6.45, 7) is 12.5. The van der Waals surface area contributed by atoms with Crippen molar-refractivity contribution in [3.05, 3.63) is 33.4 Å². The summed E-state index contributed by atoms with van der Waals surface area (Å²) in [6, 6.07) is 0. The molecule has 1 atom stereocenters. The van der Waals surface area contributed by atoms with Gasteiger partial charge in [0.15, 0.2) is 5.16 Å². The molecule has 2 rings (SSSR count). The lowest BCUT2D eigenvalue weighted by atomic mass is 10.2. The van der Waals surface area contributed by atoms with E-state index >= 15 is 0 Å². The Kier molecular flexibility index (Phi) is 6.23. The number of amides is 1. The molecule has 24 heavy (non-hydrogen) atoms. The minimum Gasteiger partial charge on any atom is -0.355 e. The Morgan fingerprint density at radius 3 is 2.83 bits per heavy atom. The molecule has 2 heterocycles. The third-order valence-corrected chi connectivity index (χ3v) is 5.96. The second-order valence-electron chi connectivity index (χ2n) is 5.61. The van der Waals surface area contributed by atoms with Gasteiger partial charge >= 0.3 is 0 Å². The van der Waals surface area contributed by atoms with E-state index in [-0.39, 0.29) is 16.7 Å². The highest BCUT2D eigenvalue weighted by Gasteiger charge is 2.20. The Hall–Kier alpha value is -1.60. The van der Waals surface area contributed by atoms with Crippen molar-refractivity contribution in [2.75, 3.05) is 6.54 Å². The number of hydrogen-bond donors (Lipinski definition) is 1. The molecule has 0 aliphatic heterocycles. The third-order valence-electron chi connectivity index (χ3n) is 3.77. The number of carbonyl (C=O) groups excluding carboxylic acids is 1. The molecule has 0 spiro atoms. The zero-order valence-corrected chi connectivity index (χ0v) is 16.1. The monoisotopic (exact) mass is 365 g/mol. The van der Waals surface area contributed by atoms with Crippen molar-refractivity contribution in [2.24, 2.45) is 0 Å². The van der Waals surface area contributed by atoms with Crippen LogP contribution in [-0.2, 0) is 11.3 Å². The van der Waals surface area contributed by atoms with Crippen LogP contribution in [0, 0.1) is 13.8 Å². The fourth-order valence-electron chi connectivity index (χ4n) is 2.29. The number of thiophene rings is 1. The van der Waals surface area contributed by atoms with Crippen LogP contribution in [0.2, 0.25) is 0 Å². The Balaban J connectivity index is 2.45. The van der Waals surface area contributed by atoms with E-state index in [9.17, 15) is 9.59 Å². The molecule has 0 fully saturated rings. The molecule has 1 amide bonds. The van der Waals surface area contributed by atoms with Crippen LogP contribution >= 0.6 is 23.1 Å². The highest BCUT2D eigenvalue weighted by Crippen LogP contribution is 2.29. The SMILES string of the molecule is C=CCn1c(S[C@@H](C)C(=O)NCCC)nc2sc(C)c(C)c2c1=O. The van der Waals surface area contributed by atoms with Crippen molar-refractivity contribution in [2.45, 2.75) is 51.1 Å². The van der Waals surface area contributed by atoms with Crippen LogP contribution in [-0.4, -0.2) is 27.3 Å². The summed E-state index contributed by atoms with van der Waals surface area (Å²) in [5.74, 6) is -0.0418. The van der Waals surface area contributed by atoms with Gasteiger partial charge in [0.05, 0.1) is 10.6 Å². The Morgan fingerprint density at radius 1 is 1.50 bits per heavy atom. The van der Waals surface area contributed by atoms with Gasteiger partial charge in [-0.05, 0) is 32.8 Å². The van der Waals surface area contributed by atoms with Crippen LogP contribution in [0.25, 0.3) is 10.2 Å². The van der Waals surface area contributed by atoms with E-state index in [0.717, 1.165) is 21.7 Å². The molecule has 0 unspecified atom stereocenters. The summed E-state index contributed by atoms with van der Waals surface area (Å²) in [7, 11) is 0. The maximum absolute atomic E-state index is 12.9. The summed E-state index contributed by atoms with van der Waals surface area (Å²) in [5, 5.41) is 3.79. The van der Waals surface area contributed by atoms with E-state index in [1.807, 2.05) is 27.7 Å². The first-order valence-electron chi connectivity index (χ1n) is 7.96. The molecular formula is C17H23N3O2S2. The van der Waals surface area contributed by atoms with Gasteiger partial charge in [-0.25, -0.2) is 4.98 Å². The molecule has 0 radical (unpaired) electrons. The lowest BCUT2D eigenvalue weighted by molar-refractivity contribution is -0.120. The van der Waals surface area contributed by atoms with Crippen LogP contribution in [0.1, 0.15) is 30.7 Å². The number of fused-ring (bicyclic) bond motifs is 1. The maximum Gasteiger partial charge on any atom is 0.263 e. The van der Waals surface area contributed by atoms with Gasteiger partial charge in [-0.15, -0.1) is 17.9 Å². The van der Waals surface area contributed by atoms with Crippen LogP contribution in [0.3, 0.4) is 0 Å². The molecule has 0 aliphatic rings. The molecule has 0 aromatic carbocycles. The topological polar surface area (TPSA) is 64.0 Å². The van der Waals surface area contributed by atoms with Crippen molar-refractivity contribution >= 4 is 39.2 Å². The molecular weight excluding hydrogens is 342 g/mol. The Bertz CT molecular complexity index is 823. The first-order valence-corrected chi connectivity index (χ1v) is 9.66. The number of allylic oxidation sites excluding steroid dienone is 1. The number of nitrogens with zero attached hydrogens (tertiary/aromatic N) is 2. The number of rotatable bonds is 7. The van der Waals surface area contributed by atoms with E-state index in [2.05, 4.69) is 16.9 Å². The molecule has 2 aromatic heterocycles. The van der Waals surface area contributed by atoms with E-state index in [1.54, 1.807) is 10.6 Å². The van der Waals surface area contributed by atoms with Crippen molar-refractivity contribution in [3.63, 3.8) is 0 Å². The molecule has 0 aliphatic carbocycles. The zero-order chi connectivity index (χ0) is 17.9. The predicted octanol–water partition coefficient (Wildman–Crippen LogP) is 3.27. The van der Waals surface area contributed by atoms with Gasteiger partial charge in [0, 0.05) is 18.0 Å². The lowest BCUT2D eigenvalue weighted by Crippen LogP contribution is -2.32. The number of carbonyl (C=O) groups is 1. The molecule has 0 saturated heterocycles. The van der Waals surface area contributed by atoms with Crippen molar-refractivity contribution in [1.29, 1.82) is 0 Å². The number of hydrogen-bond acceptors (Lipinski definition) is 5. The number of nitrogens with one attached hydrogen (secondary N) is 1. The van der Waals surface area contributed by atoms with E-state index in [1.165, 1.54) is 23.1 Å². The summed E-state index contributed by atoms with van der Waals surface area (Å²) in [5.41, 5.74) is 0.918. The van der Waals surface area contributed by atoms with E-state index in [0.29, 0.717) is 23.6 Å². The second kappa shape index (κ2) is 7.98. The van der Waals surface area contributed by atoms with Crippen molar-refractivity contribution in [1.82, 2.24) is 14.9 Å². The lowest BCUT2D eigenvalue weighted by Gasteiger charge is -2.14. The predicted molar refractivity (Wildman–Crippen MR) is 102 cm³/mol. The van der Waals surface area contributed by atoms with E-state index in [4.69, 9.17) is 0 Å². The zero-order valence-electron chi connectivity index (χ0n) is 14.5. The summed E-state index contributed by atoms with van der Waals surface area (Å²) in [4.78, 5) is 31.5.